The van der Waals surface area contributed by atoms with Gasteiger partial charge in [-0.1, -0.05) is 0 Å². The summed E-state index contributed by atoms with van der Waals surface area (Å²) in [6.07, 6.45) is 5.29. The highest BCUT2D eigenvalue weighted by Gasteiger charge is 2.35. The predicted octanol–water partition coefficient (Wildman–Crippen LogP) is 1.07. The van der Waals surface area contributed by atoms with E-state index in [9.17, 15) is 14.2 Å². The Kier molecular flexibility index (Phi) is 7.39. The molecule has 3 aliphatic rings. The molecule has 11 heteroatoms. The molecule has 4 rings (SSSR count). The number of aromatic nitrogens is 2. The normalized spacial score (nSPS) is 28.7. The quantitative estimate of drug-likeness (QED) is 0.618. The van der Waals surface area contributed by atoms with Crippen molar-refractivity contribution in [1.82, 2.24) is 24.0 Å². The second-order valence-corrected chi connectivity index (χ2v) is 11.9. The van der Waals surface area contributed by atoms with Crippen molar-refractivity contribution in [2.24, 2.45) is 0 Å². The summed E-state index contributed by atoms with van der Waals surface area (Å²) in [5.41, 5.74) is -0.442. The van der Waals surface area contributed by atoms with Crippen LogP contribution in [0.4, 0.5) is 0 Å². The van der Waals surface area contributed by atoms with Gasteiger partial charge in [0, 0.05) is 50.6 Å². The molecule has 0 aromatic carbocycles. The first-order valence-electron chi connectivity index (χ1n) is 11.6. The van der Waals surface area contributed by atoms with Crippen LogP contribution in [0.3, 0.4) is 0 Å². The van der Waals surface area contributed by atoms with Crippen molar-refractivity contribution in [2.75, 3.05) is 59.6 Å². The number of nitrogens with zero attached hydrogens (tertiary/aromatic N) is 4. The van der Waals surface area contributed by atoms with Crippen LogP contribution >= 0.6 is 7.52 Å². The lowest BCUT2D eigenvalue weighted by atomic mass is 10.1. The van der Waals surface area contributed by atoms with Gasteiger partial charge in [0.25, 0.3) is 13.1 Å². The molecule has 180 valence electrons. The van der Waals surface area contributed by atoms with Crippen LogP contribution in [0.1, 0.15) is 37.5 Å². The largest absolute Gasteiger partial charge is 0.350 e. The van der Waals surface area contributed by atoms with Gasteiger partial charge in [-0.25, -0.2) is 9.46 Å². The summed E-state index contributed by atoms with van der Waals surface area (Å²) in [4.78, 5) is 30.9. The molecule has 0 aliphatic carbocycles. The first kappa shape index (κ1) is 23.9. The Hall–Kier alpha value is -1.29. The summed E-state index contributed by atoms with van der Waals surface area (Å²) in [7, 11) is -0.983. The number of H-pyrrole nitrogens is 1. The molecule has 4 heterocycles. The summed E-state index contributed by atoms with van der Waals surface area (Å²) in [5.74, 6) is 0. The van der Waals surface area contributed by atoms with Gasteiger partial charge in [-0.2, -0.15) is 0 Å². The highest BCUT2D eigenvalue weighted by atomic mass is 31.2. The number of piperidine rings is 1. The van der Waals surface area contributed by atoms with Gasteiger partial charge >= 0.3 is 5.69 Å². The molecule has 0 radical (unpaired) electrons. The van der Waals surface area contributed by atoms with E-state index in [1.54, 1.807) is 13.6 Å². The van der Waals surface area contributed by atoms with Crippen molar-refractivity contribution in [3.63, 3.8) is 0 Å². The molecule has 3 fully saturated rings. The van der Waals surface area contributed by atoms with Crippen molar-refractivity contribution < 1.29 is 13.8 Å². The summed E-state index contributed by atoms with van der Waals surface area (Å²) in [6.45, 7) is 8.63. The molecule has 0 amide bonds. The van der Waals surface area contributed by atoms with E-state index in [1.807, 2.05) is 11.7 Å². The van der Waals surface area contributed by atoms with Crippen LogP contribution in [0, 0.1) is 6.92 Å². The third-order valence-corrected chi connectivity index (χ3v) is 8.96. The van der Waals surface area contributed by atoms with Gasteiger partial charge in [0.2, 0.25) is 0 Å². The van der Waals surface area contributed by atoms with Crippen LogP contribution in [0.5, 0.6) is 0 Å². The van der Waals surface area contributed by atoms with E-state index in [4.69, 9.17) is 9.26 Å². The Morgan fingerprint density at radius 3 is 2.53 bits per heavy atom. The number of hydrogen-bond acceptors (Lipinski definition) is 7. The Bertz CT molecular complexity index is 951. The molecular weight excluding hydrogens is 433 g/mol. The highest BCUT2D eigenvalue weighted by molar-refractivity contribution is 7.55. The van der Waals surface area contributed by atoms with Gasteiger partial charge in [-0.15, -0.1) is 0 Å². The third-order valence-electron chi connectivity index (χ3n) is 6.90. The van der Waals surface area contributed by atoms with Gasteiger partial charge in [0.1, 0.15) is 0 Å². The fraction of sp³-hybridized carbons (Fsp3) is 0.810. The Morgan fingerprint density at radius 1 is 1.16 bits per heavy atom. The minimum atomic E-state index is -2.93. The maximum Gasteiger partial charge on any atom is 0.330 e. The van der Waals surface area contributed by atoms with Crippen LogP contribution in [0.15, 0.2) is 15.8 Å². The van der Waals surface area contributed by atoms with Crippen LogP contribution in [-0.2, 0) is 13.8 Å². The van der Waals surface area contributed by atoms with E-state index in [1.165, 1.54) is 36.7 Å². The summed E-state index contributed by atoms with van der Waals surface area (Å²) >= 11 is 0. The molecule has 1 N–H and O–H groups in total. The number of rotatable bonds is 6. The number of likely N-dealkylation sites (tertiary alicyclic amines) is 1. The average Bonchev–Trinajstić information content (AvgIpc) is 3.30. The van der Waals surface area contributed by atoms with E-state index in [0.717, 1.165) is 25.9 Å². The SMILES string of the molecule is Cc1cn(C2CN(C)C[C@@H](COP(C)(=O)N3CCC(N4CCCC4)CC3)O2)c(=O)[nH]c1=O. The van der Waals surface area contributed by atoms with E-state index in [0.29, 0.717) is 24.7 Å². The standard InChI is InChI=1S/C21H36N5O5P/c1-16-12-26(21(28)22-20(16)27)19-14-23(2)13-18(31-19)15-30-32(3,29)25-10-6-17(7-11-25)24-8-4-5-9-24/h12,17-19H,4-11,13-15H2,1-3H3,(H,22,27,28)/t18-,19?,32?/m0/s1. The fourth-order valence-corrected chi connectivity index (χ4v) is 6.60. The Labute approximate surface area is 189 Å². The molecule has 0 spiro atoms. The summed E-state index contributed by atoms with van der Waals surface area (Å²) in [6, 6.07) is 0.601. The fourth-order valence-electron chi connectivity index (χ4n) is 5.03. The second-order valence-electron chi connectivity index (χ2n) is 9.44. The van der Waals surface area contributed by atoms with Gasteiger partial charge in [0.05, 0.1) is 12.7 Å². The predicted molar refractivity (Wildman–Crippen MR) is 122 cm³/mol. The minimum absolute atomic E-state index is 0.192. The lowest BCUT2D eigenvalue weighted by Gasteiger charge is -2.40. The number of morpholine rings is 1. The van der Waals surface area contributed by atoms with Crippen molar-refractivity contribution in [3.05, 3.63) is 32.6 Å². The number of likely N-dealkylation sites (N-methyl/N-ethyl adjacent to an activating group) is 1. The Balaban J connectivity index is 1.33. The highest BCUT2D eigenvalue weighted by Crippen LogP contribution is 2.48. The monoisotopic (exact) mass is 469 g/mol. The lowest BCUT2D eigenvalue weighted by Crippen LogP contribution is -2.48. The zero-order chi connectivity index (χ0) is 22.9. The van der Waals surface area contributed by atoms with Crippen LogP contribution in [-0.4, -0.2) is 95.8 Å². The number of hydrogen-bond donors (Lipinski definition) is 1. The molecule has 10 nitrogen and oxygen atoms in total. The Morgan fingerprint density at radius 2 is 1.84 bits per heavy atom. The maximum atomic E-state index is 13.3. The molecule has 3 saturated heterocycles. The van der Waals surface area contributed by atoms with Gasteiger partial charge in [-0.3, -0.25) is 23.8 Å². The minimum Gasteiger partial charge on any atom is -0.350 e. The van der Waals surface area contributed by atoms with Crippen molar-refractivity contribution in [2.45, 2.75) is 51.0 Å². The third kappa shape index (κ3) is 5.43. The summed E-state index contributed by atoms with van der Waals surface area (Å²) < 4.78 is 28.8. The molecule has 3 aliphatic heterocycles. The smallest absolute Gasteiger partial charge is 0.330 e. The first-order valence-corrected chi connectivity index (χ1v) is 13.6. The number of aryl methyl sites for hydroxylation is 1. The van der Waals surface area contributed by atoms with Gasteiger partial charge in [-0.05, 0) is 52.7 Å². The average molecular weight is 470 g/mol. The molecular formula is C21H36N5O5P. The molecule has 3 atom stereocenters. The molecule has 1 aromatic rings. The number of aromatic amines is 1. The van der Waals surface area contributed by atoms with E-state index >= 15 is 0 Å². The van der Waals surface area contributed by atoms with Crippen LogP contribution in [0.25, 0.3) is 0 Å². The lowest BCUT2D eigenvalue weighted by molar-refractivity contribution is -0.128. The second kappa shape index (κ2) is 9.91. The van der Waals surface area contributed by atoms with E-state index < -0.39 is 25.0 Å². The van der Waals surface area contributed by atoms with E-state index in [2.05, 4.69) is 14.8 Å². The topological polar surface area (TPSA) is 100 Å². The zero-order valence-electron chi connectivity index (χ0n) is 19.4. The zero-order valence-corrected chi connectivity index (χ0v) is 20.3. The molecule has 1 aromatic heterocycles. The van der Waals surface area contributed by atoms with E-state index in [-0.39, 0.29) is 12.7 Å². The van der Waals surface area contributed by atoms with Crippen molar-refractivity contribution in [1.29, 1.82) is 0 Å². The maximum absolute atomic E-state index is 13.3. The molecule has 0 saturated carbocycles. The van der Waals surface area contributed by atoms with Crippen molar-refractivity contribution in [3.8, 4) is 0 Å². The van der Waals surface area contributed by atoms with Crippen LogP contribution in [0.2, 0.25) is 0 Å². The number of nitrogens with one attached hydrogen (secondary N) is 1. The molecule has 32 heavy (non-hydrogen) atoms. The summed E-state index contributed by atoms with van der Waals surface area (Å²) in [5, 5.41) is 0. The van der Waals surface area contributed by atoms with Crippen LogP contribution < -0.4 is 11.2 Å². The van der Waals surface area contributed by atoms with Crippen molar-refractivity contribution >= 4 is 7.52 Å². The molecule has 0 bridgehead atoms. The molecule has 2 unspecified atom stereocenters. The van der Waals surface area contributed by atoms with Gasteiger partial charge < -0.3 is 14.2 Å². The van der Waals surface area contributed by atoms with Gasteiger partial charge in [0.15, 0.2) is 6.23 Å². The number of ether oxygens (including phenoxy) is 1. The first-order chi connectivity index (χ1) is 15.2.